The lowest BCUT2D eigenvalue weighted by Crippen LogP contribution is -2.30. The highest BCUT2D eigenvalue weighted by molar-refractivity contribution is 7.80. The quantitative estimate of drug-likeness (QED) is 0.799. The van der Waals surface area contributed by atoms with Crippen molar-refractivity contribution in [1.29, 1.82) is 0 Å². The SMILES string of the molecule is CCOC(=O)NC(=S)Cc1ccccc1. The molecule has 1 rings (SSSR count). The number of ether oxygens (including phenoxy) is 1. The van der Waals surface area contributed by atoms with Gasteiger partial charge in [0.2, 0.25) is 0 Å². The van der Waals surface area contributed by atoms with Crippen LogP contribution in [-0.2, 0) is 11.2 Å². The lowest BCUT2D eigenvalue weighted by Gasteiger charge is -2.06. The first-order valence-electron chi connectivity index (χ1n) is 4.73. The van der Waals surface area contributed by atoms with E-state index in [0.29, 0.717) is 18.0 Å². The molecule has 4 heteroatoms. The van der Waals surface area contributed by atoms with E-state index < -0.39 is 6.09 Å². The molecular formula is C11H13NO2S. The van der Waals surface area contributed by atoms with E-state index >= 15 is 0 Å². The number of carbonyl (C=O) groups is 1. The highest BCUT2D eigenvalue weighted by Gasteiger charge is 2.04. The normalized spacial score (nSPS) is 9.40. The molecule has 0 saturated heterocycles. The third-order valence-corrected chi connectivity index (χ3v) is 1.97. The van der Waals surface area contributed by atoms with Crippen molar-refractivity contribution >= 4 is 23.3 Å². The molecule has 80 valence electrons. The Morgan fingerprint density at radius 1 is 1.40 bits per heavy atom. The highest BCUT2D eigenvalue weighted by atomic mass is 32.1. The minimum atomic E-state index is -0.488. The number of thiocarbonyl (C=S) groups is 1. The molecule has 0 bridgehead atoms. The Hall–Kier alpha value is -1.42. The van der Waals surface area contributed by atoms with Gasteiger partial charge < -0.3 is 4.74 Å². The molecule has 0 aromatic heterocycles. The van der Waals surface area contributed by atoms with Crippen LogP contribution in [0.25, 0.3) is 0 Å². The second-order valence-corrected chi connectivity index (χ2v) is 3.42. The summed E-state index contributed by atoms with van der Waals surface area (Å²) >= 11 is 5.01. The van der Waals surface area contributed by atoms with Crippen molar-refractivity contribution in [2.75, 3.05) is 6.61 Å². The highest BCUT2D eigenvalue weighted by Crippen LogP contribution is 2.00. The van der Waals surface area contributed by atoms with Crippen LogP contribution in [0.2, 0.25) is 0 Å². The molecule has 15 heavy (non-hydrogen) atoms. The number of hydrogen-bond acceptors (Lipinski definition) is 3. The predicted octanol–water partition coefficient (Wildman–Crippen LogP) is 2.30. The molecule has 0 spiro atoms. The van der Waals surface area contributed by atoms with Crippen molar-refractivity contribution < 1.29 is 9.53 Å². The molecule has 1 N–H and O–H groups in total. The number of hydrogen-bond donors (Lipinski definition) is 1. The molecule has 0 aliphatic rings. The summed E-state index contributed by atoms with van der Waals surface area (Å²) in [6.07, 6.45) is 0.0630. The standard InChI is InChI=1S/C11H13NO2S/c1-2-14-11(13)12-10(15)8-9-6-4-3-5-7-9/h3-7H,2,8H2,1H3,(H,12,13,15). The molecule has 0 saturated carbocycles. The van der Waals surface area contributed by atoms with Gasteiger partial charge in [0.15, 0.2) is 0 Å². The van der Waals surface area contributed by atoms with Gasteiger partial charge in [-0.1, -0.05) is 42.5 Å². The van der Waals surface area contributed by atoms with Crippen molar-refractivity contribution in [2.24, 2.45) is 0 Å². The monoisotopic (exact) mass is 223 g/mol. The first-order valence-corrected chi connectivity index (χ1v) is 5.13. The molecule has 0 fully saturated rings. The van der Waals surface area contributed by atoms with Gasteiger partial charge in [0, 0.05) is 6.42 Å². The zero-order valence-corrected chi connectivity index (χ0v) is 9.34. The molecule has 1 aromatic rings. The molecule has 0 heterocycles. The van der Waals surface area contributed by atoms with Crippen molar-refractivity contribution in [3.63, 3.8) is 0 Å². The third-order valence-electron chi connectivity index (χ3n) is 1.72. The predicted molar refractivity (Wildman–Crippen MR) is 62.9 cm³/mol. The van der Waals surface area contributed by atoms with E-state index in [2.05, 4.69) is 5.32 Å². The average Bonchev–Trinajstić information content (AvgIpc) is 2.19. The number of nitrogens with one attached hydrogen (secondary N) is 1. The zero-order valence-electron chi connectivity index (χ0n) is 8.53. The van der Waals surface area contributed by atoms with Crippen LogP contribution in [0.5, 0.6) is 0 Å². The molecule has 0 radical (unpaired) electrons. The Kier molecular flexibility index (Phi) is 4.77. The van der Waals surface area contributed by atoms with Gasteiger partial charge in [0.25, 0.3) is 0 Å². The van der Waals surface area contributed by atoms with Crippen molar-refractivity contribution in [3.05, 3.63) is 35.9 Å². The van der Waals surface area contributed by atoms with Crippen LogP contribution in [-0.4, -0.2) is 17.7 Å². The second kappa shape index (κ2) is 6.14. The lowest BCUT2D eigenvalue weighted by molar-refractivity contribution is 0.158. The summed E-state index contributed by atoms with van der Waals surface area (Å²) in [6, 6.07) is 9.72. The molecular weight excluding hydrogens is 210 g/mol. The first kappa shape index (κ1) is 11.7. The van der Waals surface area contributed by atoms with Crippen LogP contribution in [0.15, 0.2) is 30.3 Å². The Balaban J connectivity index is 2.40. The summed E-state index contributed by atoms with van der Waals surface area (Å²) in [5.74, 6) is 0. The van der Waals surface area contributed by atoms with E-state index in [1.54, 1.807) is 6.92 Å². The summed E-state index contributed by atoms with van der Waals surface area (Å²) in [5.41, 5.74) is 1.07. The van der Waals surface area contributed by atoms with Crippen LogP contribution in [0.3, 0.4) is 0 Å². The van der Waals surface area contributed by atoms with E-state index in [1.807, 2.05) is 30.3 Å². The Bertz CT molecular complexity index is 338. The maximum absolute atomic E-state index is 11.0. The first-order chi connectivity index (χ1) is 7.22. The number of carbonyl (C=O) groups excluding carboxylic acids is 1. The number of amides is 1. The topological polar surface area (TPSA) is 38.3 Å². The van der Waals surface area contributed by atoms with Crippen LogP contribution in [0.1, 0.15) is 12.5 Å². The van der Waals surface area contributed by atoms with E-state index in [1.165, 1.54) is 0 Å². The van der Waals surface area contributed by atoms with Gasteiger partial charge in [-0.25, -0.2) is 4.79 Å². The molecule has 0 aliphatic heterocycles. The molecule has 1 amide bonds. The number of benzene rings is 1. The maximum atomic E-state index is 11.0. The van der Waals surface area contributed by atoms with E-state index in [0.717, 1.165) is 5.56 Å². The van der Waals surface area contributed by atoms with Crippen molar-refractivity contribution in [2.45, 2.75) is 13.3 Å². The summed E-state index contributed by atoms with van der Waals surface area (Å²) < 4.78 is 4.71. The fourth-order valence-corrected chi connectivity index (χ4v) is 1.36. The van der Waals surface area contributed by atoms with Crippen LogP contribution >= 0.6 is 12.2 Å². The maximum Gasteiger partial charge on any atom is 0.412 e. The fraction of sp³-hybridized carbons (Fsp3) is 0.273. The minimum Gasteiger partial charge on any atom is -0.450 e. The van der Waals surface area contributed by atoms with Gasteiger partial charge in [-0.2, -0.15) is 0 Å². The summed E-state index contributed by atoms with van der Waals surface area (Å²) in [4.78, 5) is 11.5. The number of alkyl carbamates (subject to hydrolysis) is 1. The summed E-state index contributed by atoms with van der Waals surface area (Å²) in [7, 11) is 0. The Morgan fingerprint density at radius 3 is 2.67 bits per heavy atom. The summed E-state index contributed by atoms with van der Waals surface area (Å²) in [5, 5.41) is 2.50. The van der Waals surface area contributed by atoms with Gasteiger partial charge >= 0.3 is 6.09 Å². The van der Waals surface area contributed by atoms with E-state index in [4.69, 9.17) is 17.0 Å². The van der Waals surface area contributed by atoms with Gasteiger partial charge in [-0.3, -0.25) is 5.32 Å². The van der Waals surface area contributed by atoms with Crippen molar-refractivity contribution in [3.8, 4) is 0 Å². The molecule has 0 unspecified atom stereocenters. The molecule has 0 atom stereocenters. The zero-order chi connectivity index (χ0) is 11.1. The molecule has 0 aliphatic carbocycles. The van der Waals surface area contributed by atoms with Gasteiger partial charge in [-0.15, -0.1) is 0 Å². The van der Waals surface area contributed by atoms with Gasteiger partial charge in [-0.05, 0) is 12.5 Å². The number of rotatable bonds is 3. The smallest absolute Gasteiger partial charge is 0.412 e. The Labute approximate surface area is 94.4 Å². The summed E-state index contributed by atoms with van der Waals surface area (Å²) in [6.45, 7) is 2.10. The largest absolute Gasteiger partial charge is 0.450 e. The van der Waals surface area contributed by atoms with E-state index in [-0.39, 0.29) is 0 Å². The van der Waals surface area contributed by atoms with Gasteiger partial charge in [0.05, 0.1) is 11.6 Å². The van der Waals surface area contributed by atoms with Gasteiger partial charge in [0.1, 0.15) is 0 Å². The molecule has 3 nitrogen and oxygen atoms in total. The Morgan fingerprint density at radius 2 is 2.07 bits per heavy atom. The minimum absolute atomic E-state index is 0.347. The fourth-order valence-electron chi connectivity index (χ4n) is 1.11. The average molecular weight is 223 g/mol. The lowest BCUT2D eigenvalue weighted by atomic mass is 10.1. The second-order valence-electron chi connectivity index (χ2n) is 2.93. The van der Waals surface area contributed by atoms with Crippen LogP contribution in [0.4, 0.5) is 4.79 Å². The van der Waals surface area contributed by atoms with E-state index in [9.17, 15) is 4.79 Å². The van der Waals surface area contributed by atoms with Crippen LogP contribution < -0.4 is 5.32 Å². The third kappa shape index (κ3) is 4.56. The van der Waals surface area contributed by atoms with Crippen molar-refractivity contribution in [1.82, 2.24) is 5.32 Å². The molecule has 1 aromatic carbocycles. The van der Waals surface area contributed by atoms with Crippen LogP contribution in [0, 0.1) is 0 Å².